The summed E-state index contributed by atoms with van der Waals surface area (Å²) in [6, 6.07) is 14.8. The van der Waals surface area contributed by atoms with E-state index < -0.39 is 0 Å². The summed E-state index contributed by atoms with van der Waals surface area (Å²) in [6.07, 6.45) is 2.56. The highest BCUT2D eigenvalue weighted by atomic mass is 32.2. The van der Waals surface area contributed by atoms with Crippen LogP contribution in [-0.4, -0.2) is 21.7 Å². The number of hydrogen-bond acceptors (Lipinski definition) is 4. The van der Waals surface area contributed by atoms with Crippen molar-refractivity contribution in [2.75, 3.05) is 11.6 Å². The minimum Gasteiger partial charge on any atom is -0.324 e. The summed E-state index contributed by atoms with van der Waals surface area (Å²) >= 11 is 1.61. The summed E-state index contributed by atoms with van der Waals surface area (Å²) in [5.74, 6) is 0.365. The molecule has 2 aromatic carbocycles. The predicted octanol–water partition coefficient (Wildman–Crippen LogP) is 3.32. The third kappa shape index (κ3) is 3.74. The minimum atomic E-state index is -0.243. The number of aryl methyl sites for hydroxylation is 1. The van der Waals surface area contributed by atoms with Gasteiger partial charge in [-0.15, -0.1) is 11.8 Å². The largest absolute Gasteiger partial charge is 0.324 e. The Balaban J connectivity index is 1.90. The number of thioether (sulfide) groups is 1. The summed E-state index contributed by atoms with van der Waals surface area (Å²) in [4.78, 5) is 30.8. The third-order valence-corrected chi connectivity index (χ3v) is 4.64. The van der Waals surface area contributed by atoms with Gasteiger partial charge in [0.2, 0.25) is 5.91 Å². The third-order valence-electron chi connectivity index (χ3n) is 3.91. The Kier molecular flexibility index (Phi) is 5.19. The number of fused-ring (bicyclic) bond motifs is 1. The van der Waals surface area contributed by atoms with E-state index in [-0.39, 0.29) is 18.0 Å². The van der Waals surface area contributed by atoms with Gasteiger partial charge in [-0.25, -0.2) is 4.98 Å². The van der Waals surface area contributed by atoms with Gasteiger partial charge in [0.05, 0.1) is 10.9 Å². The number of anilines is 1. The molecule has 0 aliphatic heterocycles. The second-order valence-corrected chi connectivity index (χ2v) is 6.45. The van der Waals surface area contributed by atoms with Gasteiger partial charge in [0.25, 0.3) is 5.56 Å². The van der Waals surface area contributed by atoms with Crippen LogP contribution in [0.3, 0.4) is 0 Å². The zero-order valence-electron chi connectivity index (χ0n) is 14.2. The first-order valence-corrected chi connectivity index (χ1v) is 9.27. The van der Waals surface area contributed by atoms with E-state index in [1.165, 1.54) is 4.57 Å². The van der Waals surface area contributed by atoms with Crippen LogP contribution in [0.2, 0.25) is 0 Å². The summed E-state index contributed by atoms with van der Waals surface area (Å²) < 4.78 is 1.45. The van der Waals surface area contributed by atoms with Crippen molar-refractivity contribution < 1.29 is 4.79 Å². The number of hydrogen-bond donors (Lipinski definition) is 1. The van der Waals surface area contributed by atoms with E-state index in [0.29, 0.717) is 23.1 Å². The van der Waals surface area contributed by atoms with Crippen LogP contribution in [-0.2, 0) is 17.8 Å². The maximum atomic E-state index is 12.7. The molecule has 1 heterocycles. The molecule has 0 unspecified atom stereocenters. The number of rotatable bonds is 5. The average Bonchev–Trinajstić information content (AvgIpc) is 2.64. The molecular formula is C19H19N3O2S. The van der Waals surface area contributed by atoms with Crippen LogP contribution in [0.25, 0.3) is 10.9 Å². The first-order valence-electron chi connectivity index (χ1n) is 8.04. The predicted molar refractivity (Wildman–Crippen MR) is 102 cm³/mol. The Bertz CT molecular complexity index is 982. The van der Waals surface area contributed by atoms with Gasteiger partial charge in [-0.2, -0.15) is 0 Å². The summed E-state index contributed by atoms with van der Waals surface area (Å²) in [5.41, 5.74) is 1.20. The van der Waals surface area contributed by atoms with Gasteiger partial charge in [0.15, 0.2) is 0 Å². The molecule has 1 aromatic heterocycles. The molecule has 3 rings (SSSR count). The van der Waals surface area contributed by atoms with Crippen molar-refractivity contribution in [1.29, 1.82) is 0 Å². The number of carbonyl (C=O) groups excluding carboxylic acids is 1. The van der Waals surface area contributed by atoms with Crippen LogP contribution in [0, 0.1) is 0 Å². The van der Waals surface area contributed by atoms with Gasteiger partial charge < -0.3 is 5.32 Å². The van der Waals surface area contributed by atoms with Crippen molar-refractivity contribution in [3.8, 4) is 0 Å². The van der Waals surface area contributed by atoms with E-state index in [4.69, 9.17) is 0 Å². The van der Waals surface area contributed by atoms with E-state index in [9.17, 15) is 9.59 Å². The molecule has 0 spiro atoms. The van der Waals surface area contributed by atoms with Gasteiger partial charge in [-0.1, -0.05) is 25.1 Å². The maximum Gasteiger partial charge on any atom is 0.261 e. The van der Waals surface area contributed by atoms with Crippen LogP contribution in [0.1, 0.15) is 12.7 Å². The molecule has 25 heavy (non-hydrogen) atoms. The van der Waals surface area contributed by atoms with E-state index in [2.05, 4.69) is 10.3 Å². The summed E-state index contributed by atoms with van der Waals surface area (Å²) in [5, 5.41) is 3.38. The second kappa shape index (κ2) is 7.53. The molecule has 0 atom stereocenters. The number of amides is 1. The lowest BCUT2D eigenvalue weighted by atomic mass is 10.2. The number of nitrogens with zero attached hydrogens (tertiary/aromatic N) is 2. The monoisotopic (exact) mass is 353 g/mol. The fraction of sp³-hybridized carbons (Fsp3) is 0.211. The number of carbonyl (C=O) groups is 1. The Labute approximate surface area is 150 Å². The lowest BCUT2D eigenvalue weighted by molar-refractivity contribution is -0.116. The normalized spacial score (nSPS) is 10.8. The van der Waals surface area contributed by atoms with E-state index >= 15 is 0 Å². The van der Waals surface area contributed by atoms with Gasteiger partial charge in [0, 0.05) is 17.0 Å². The first-order chi connectivity index (χ1) is 12.1. The van der Waals surface area contributed by atoms with Gasteiger partial charge in [0.1, 0.15) is 12.4 Å². The van der Waals surface area contributed by atoms with Crippen molar-refractivity contribution >= 4 is 34.3 Å². The van der Waals surface area contributed by atoms with Crippen molar-refractivity contribution in [1.82, 2.24) is 9.55 Å². The van der Waals surface area contributed by atoms with Crippen LogP contribution < -0.4 is 10.9 Å². The van der Waals surface area contributed by atoms with Gasteiger partial charge >= 0.3 is 0 Å². The highest BCUT2D eigenvalue weighted by molar-refractivity contribution is 7.98. The van der Waals surface area contributed by atoms with Crippen molar-refractivity contribution in [2.24, 2.45) is 0 Å². The van der Waals surface area contributed by atoms with Crippen LogP contribution in [0.4, 0.5) is 5.69 Å². The van der Waals surface area contributed by atoms with E-state index in [1.807, 2.05) is 49.6 Å². The highest BCUT2D eigenvalue weighted by Crippen LogP contribution is 2.19. The lowest BCUT2D eigenvalue weighted by Crippen LogP contribution is -2.31. The molecule has 0 saturated carbocycles. The van der Waals surface area contributed by atoms with Crippen LogP contribution in [0.15, 0.2) is 58.2 Å². The molecule has 0 fully saturated rings. The molecule has 0 radical (unpaired) electrons. The molecular weight excluding hydrogens is 334 g/mol. The standard InChI is InChI=1S/C19H19N3O2S/c1-3-17-21-16-10-5-4-9-15(16)19(24)22(17)12-18(23)20-13-7-6-8-14(11-13)25-2/h4-11H,3,12H2,1-2H3,(H,20,23). The Morgan fingerprint density at radius 3 is 2.76 bits per heavy atom. The van der Waals surface area contributed by atoms with Crippen LogP contribution >= 0.6 is 11.8 Å². The minimum absolute atomic E-state index is 0.0522. The SMILES string of the molecule is CCc1nc2ccccc2c(=O)n1CC(=O)Nc1cccc(SC)c1. The second-order valence-electron chi connectivity index (χ2n) is 5.57. The maximum absolute atomic E-state index is 12.7. The lowest BCUT2D eigenvalue weighted by Gasteiger charge is -2.13. The zero-order chi connectivity index (χ0) is 17.8. The van der Waals surface area contributed by atoms with Gasteiger partial charge in [-0.05, 0) is 36.6 Å². The molecule has 0 bridgehead atoms. The first kappa shape index (κ1) is 17.2. The van der Waals surface area contributed by atoms with E-state index in [1.54, 1.807) is 23.9 Å². The number of para-hydroxylation sites is 1. The fourth-order valence-corrected chi connectivity index (χ4v) is 3.15. The molecule has 128 valence electrons. The number of aromatic nitrogens is 2. The molecule has 0 aliphatic carbocycles. The van der Waals surface area contributed by atoms with Crippen molar-refractivity contribution in [3.05, 3.63) is 64.7 Å². The Hall–Kier alpha value is -2.60. The highest BCUT2D eigenvalue weighted by Gasteiger charge is 2.13. The molecule has 6 heteroatoms. The van der Waals surface area contributed by atoms with E-state index in [0.717, 1.165) is 10.6 Å². The molecule has 5 nitrogen and oxygen atoms in total. The van der Waals surface area contributed by atoms with Gasteiger partial charge in [-0.3, -0.25) is 14.2 Å². The average molecular weight is 353 g/mol. The van der Waals surface area contributed by atoms with Crippen molar-refractivity contribution in [3.63, 3.8) is 0 Å². The van der Waals surface area contributed by atoms with Crippen LogP contribution in [0.5, 0.6) is 0 Å². The molecule has 0 aliphatic rings. The Morgan fingerprint density at radius 2 is 2.00 bits per heavy atom. The number of benzene rings is 2. The molecule has 0 saturated heterocycles. The smallest absolute Gasteiger partial charge is 0.261 e. The number of nitrogens with one attached hydrogen (secondary N) is 1. The molecule has 1 N–H and O–H groups in total. The van der Waals surface area contributed by atoms with Crippen molar-refractivity contribution in [2.45, 2.75) is 24.8 Å². The zero-order valence-corrected chi connectivity index (χ0v) is 15.0. The quantitative estimate of drug-likeness (QED) is 0.715. The fourth-order valence-electron chi connectivity index (χ4n) is 2.69. The topological polar surface area (TPSA) is 64.0 Å². The summed E-state index contributed by atoms with van der Waals surface area (Å²) in [7, 11) is 0. The molecule has 3 aromatic rings. The Morgan fingerprint density at radius 1 is 1.20 bits per heavy atom. The molecule has 1 amide bonds. The summed E-state index contributed by atoms with van der Waals surface area (Å²) in [6.45, 7) is 1.87.